The lowest BCUT2D eigenvalue weighted by Gasteiger charge is -2.09. The standard InChI is InChI=1S/C18H14ClFN2O4S/c19-15-10-14(7-8-16(15)20)27(24,25)21-11-12-3-5-13(6-4-12)22-18(23)17-2-1-9-26-17/h1-10,21H,11H2,(H,22,23). The molecule has 27 heavy (non-hydrogen) atoms. The number of halogens is 2. The fraction of sp³-hybridized carbons (Fsp3) is 0.0556. The normalized spacial score (nSPS) is 11.3. The van der Waals surface area contributed by atoms with Crippen molar-refractivity contribution in [3.8, 4) is 0 Å². The summed E-state index contributed by atoms with van der Waals surface area (Å²) in [5.41, 5.74) is 1.20. The molecule has 0 radical (unpaired) electrons. The van der Waals surface area contributed by atoms with Crippen LogP contribution in [0.4, 0.5) is 10.1 Å². The van der Waals surface area contributed by atoms with Gasteiger partial charge in [0.1, 0.15) is 5.82 Å². The van der Waals surface area contributed by atoms with Gasteiger partial charge in [-0.1, -0.05) is 23.7 Å². The zero-order valence-corrected chi connectivity index (χ0v) is 15.4. The minimum atomic E-state index is -3.84. The summed E-state index contributed by atoms with van der Waals surface area (Å²) >= 11 is 5.62. The highest BCUT2D eigenvalue weighted by molar-refractivity contribution is 7.89. The van der Waals surface area contributed by atoms with Crippen molar-refractivity contribution in [2.24, 2.45) is 0 Å². The molecule has 6 nitrogen and oxygen atoms in total. The molecule has 0 spiro atoms. The number of sulfonamides is 1. The van der Waals surface area contributed by atoms with E-state index >= 15 is 0 Å². The number of nitrogens with one attached hydrogen (secondary N) is 2. The first-order chi connectivity index (χ1) is 12.8. The van der Waals surface area contributed by atoms with Crippen LogP contribution in [-0.2, 0) is 16.6 Å². The molecule has 2 N–H and O–H groups in total. The molecule has 9 heteroatoms. The Balaban J connectivity index is 1.62. The van der Waals surface area contributed by atoms with E-state index in [-0.39, 0.29) is 28.1 Å². The fourth-order valence-corrected chi connectivity index (χ4v) is 3.50. The predicted octanol–water partition coefficient (Wildman–Crippen LogP) is 3.80. The van der Waals surface area contributed by atoms with Gasteiger partial charge in [-0.15, -0.1) is 0 Å². The van der Waals surface area contributed by atoms with Crippen molar-refractivity contribution in [3.05, 3.63) is 83.0 Å². The van der Waals surface area contributed by atoms with E-state index in [0.29, 0.717) is 11.3 Å². The third-order valence-electron chi connectivity index (χ3n) is 3.62. The molecule has 1 aromatic heterocycles. The second-order valence-electron chi connectivity index (χ2n) is 5.53. The van der Waals surface area contributed by atoms with Crippen LogP contribution < -0.4 is 10.0 Å². The molecular weight excluding hydrogens is 395 g/mol. The van der Waals surface area contributed by atoms with E-state index in [0.717, 1.165) is 18.2 Å². The van der Waals surface area contributed by atoms with Gasteiger partial charge in [-0.2, -0.15) is 0 Å². The molecule has 0 unspecified atom stereocenters. The van der Waals surface area contributed by atoms with Crippen molar-refractivity contribution < 1.29 is 22.0 Å². The maximum absolute atomic E-state index is 13.2. The van der Waals surface area contributed by atoms with Crippen LogP contribution in [0.2, 0.25) is 5.02 Å². The summed E-state index contributed by atoms with van der Waals surface area (Å²) in [5.74, 6) is -0.894. The largest absolute Gasteiger partial charge is 0.459 e. The Morgan fingerprint density at radius 1 is 1.11 bits per heavy atom. The van der Waals surface area contributed by atoms with Crippen molar-refractivity contribution in [2.45, 2.75) is 11.4 Å². The SMILES string of the molecule is O=C(Nc1ccc(CNS(=O)(=O)c2ccc(F)c(Cl)c2)cc1)c1ccco1. The van der Waals surface area contributed by atoms with Gasteiger partial charge in [0.25, 0.3) is 5.91 Å². The maximum atomic E-state index is 13.2. The van der Waals surface area contributed by atoms with Gasteiger partial charge >= 0.3 is 0 Å². The van der Waals surface area contributed by atoms with E-state index in [1.54, 1.807) is 36.4 Å². The lowest BCUT2D eigenvalue weighted by molar-refractivity contribution is 0.0996. The van der Waals surface area contributed by atoms with Gasteiger partial charge in [0.2, 0.25) is 10.0 Å². The number of anilines is 1. The Labute approximate surface area is 160 Å². The highest BCUT2D eigenvalue weighted by Crippen LogP contribution is 2.19. The van der Waals surface area contributed by atoms with Crippen LogP contribution in [0.3, 0.4) is 0 Å². The molecule has 0 bridgehead atoms. The zero-order valence-electron chi connectivity index (χ0n) is 13.8. The van der Waals surface area contributed by atoms with Gasteiger partial charge in [-0.3, -0.25) is 4.79 Å². The second kappa shape index (κ2) is 7.91. The Kier molecular flexibility index (Phi) is 5.59. The molecule has 0 atom stereocenters. The first kappa shape index (κ1) is 19.1. The summed E-state index contributed by atoms with van der Waals surface area (Å²) in [6.45, 7) is 0.0176. The molecule has 0 saturated heterocycles. The van der Waals surface area contributed by atoms with Crippen LogP contribution in [0.1, 0.15) is 16.1 Å². The Morgan fingerprint density at radius 3 is 2.48 bits per heavy atom. The lowest BCUT2D eigenvalue weighted by Crippen LogP contribution is -2.23. The Morgan fingerprint density at radius 2 is 1.85 bits per heavy atom. The summed E-state index contributed by atoms with van der Waals surface area (Å²) in [6, 6.07) is 12.9. The van der Waals surface area contributed by atoms with Gasteiger partial charge in [-0.05, 0) is 48.0 Å². The minimum absolute atomic E-state index is 0.0176. The second-order valence-corrected chi connectivity index (χ2v) is 7.70. The molecule has 3 rings (SSSR count). The fourth-order valence-electron chi connectivity index (χ4n) is 2.21. The molecule has 0 saturated carbocycles. The number of furan rings is 1. The summed E-state index contributed by atoms with van der Waals surface area (Å²) in [6.07, 6.45) is 1.40. The molecule has 1 heterocycles. The predicted molar refractivity (Wildman–Crippen MR) is 98.5 cm³/mol. The maximum Gasteiger partial charge on any atom is 0.291 e. The molecule has 3 aromatic rings. The van der Waals surface area contributed by atoms with Crippen LogP contribution in [0.25, 0.3) is 0 Å². The van der Waals surface area contributed by atoms with Crippen molar-refractivity contribution in [2.75, 3.05) is 5.32 Å². The van der Waals surface area contributed by atoms with Crippen LogP contribution >= 0.6 is 11.6 Å². The van der Waals surface area contributed by atoms with Crippen LogP contribution in [-0.4, -0.2) is 14.3 Å². The molecule has 1 amide bonds. The molecule has 140 valence electrons. The van der Waals surface area contributed by atoms with Crippen LogP contribution in [0, 0.1) is 5.82 Å². The minimum Gasteiger partial charge on any atom is -0.459 e. The molecule has 0 fully saturated rings. The van der Waals surface area contributed by atoms with Crippen molar-refractivity contribution in [1.82, 2.24) is 4.72 Å². The first-order valence-electron chi connectivity index (χ1n) is 7.74. The van der Waals surface area contributed by atoms with Gasteiger partial charge in [0, 0.05) is 12.2 Å². The van der Waals surface area contributed by atoms with E-state index in [4.69, 9.17) is 16.0 Å². The number of carbonyl (C=O) groups is 1. The number of benzene rings is 2. The van der Waals surface area contributed by atoms with Crippen molar-refractivity contribution >= 4 is 33.2 Å². The van der Waals surface area contributed by atoms with Gasteiger partial charge in [-0.25, -0.2) is 17.5 Å². The number of carbonyl (C=O) groups excluding carboxylic acids is 1. The Hall–Kier alpha value is -2.68. The summed E-state index contributed by atoms with van der Waals surface area (Å²) < 4.78 is 45.1. The van der Waals surface area contributed by atoms with Gasteiger partial charge in [0.05, 0.1) is 16.2 Å². The smallest absolute Gasteiger partial charge is 0.291 e. The zero-order chi connectivity index (χ0) is 19.4. The number of amides is 1. The third kappa shape index (κ3) is 4.73. The van der Waals surface area contributed by atoms with E-state index in [9.17, 15) is 17.6 Å². The summed E-state index contributed by atoms with van der Waals surface area (Å²) in [4.78, 5) is 11.8. The van der Waals surface area contributed by atoms with Crippen molar-refractivity contribution in [1.29, 1.82) is 0 Å². The number of hydrogen-bond donors (Lipinski definition) is 2. The molecular formula is C18H14ClFN2O4S. The molecule has 0 aliphatic carbocycles. The number of hydrogen-bond acceptors (Lipinski definition) is 4. The average Bonchev–Trinajstić information content (AvgIpc) is 3.18. The molecule has 0 aliphatic rings. The van der Waals surface area contributed by atoms with E-state index in [2.05, 4.69) is 10.0 Å². The van der Waals surface area contributed by atoms with Crippen molar-refractivity contribution in [3.63, 3.8) is 0 Å². The Bertz CT molecular complexity index is 1050. The van der Waals surface area contributed by atoms with Gasteiger partial charge < -0.3 is 9.73 Å². The summed E-state index contributed by atoms with van der Waals surface area (Å²) in [5, 5.41) is 2.39. The number of rotatable bonds is 6. The van der Waals surface area contributed by atoms with E-state index in [1.807, 2.05) is 0 Å². The topological polar surface area (TPSA) is 88.4 Å². The lowest BCUT2D eigenvalue weighted by atomic mass is 10.2. The molecule has 0 aliphatic heterocycles. The average molecular weight is 409 g/mol. The highest BCUT2D eigenvalue weighted by Gasteiger charge is 2.15. The van der Waals surface area contributed by atoms with E-state index in [1.165, 1.54) is 6.26 Å². The monoisotopic (exact) mass is 408 g/mol. The summed E-state index contributed by atoms with van der Waals surface area (Å²) in [7, 11) is -3.84. The highest BCUT2D eigenvalue weighted by atomic mass is 35.5. The van der Waals surface area contributed by atoms with Gasteiger partial charge in [0.15, 0.2) is 5.76 Å². The third-order valence-corrected chi connectivity index (χ3v) is 5.31. The quantitative estimate of drug-likeness (QED) is 0.649. The van der Waals surface area contributed by atoms with Crippen LogP contribution in [0.15, 0.2) is 70.2 Å². The van der Waals surface area contributed by atoms with E-state index < -0.39 is 15.8 Å². The van der Waals surface area contributed by atoms with Crippen LogP contribution in [0.5, 0.6) is 0 Å². The molecule has 2 aromatic carbocycles. The first-order valence-corrected chi connectivity index (χ1v) is 9.60.